The molecule has 2 aliphatic rings. The summed E-state index contributed by atoms with van der Waals surface area (Å²) < 4.78 is 0. The maximum atomic E-state index is 13.2. The molecule has 2 aromatic rings. The summed E-state index contributed by atoms with van der Waals surface area (Å²) >= 11 is 0. The zero-order chi connectivity index (χ0) is 19.5. The number of rotatable bonds is 3. The van der Waals surface area contributed by atoms with Gasteiger partial charge in [0.25, 0.3) is 11.6 Å². The summed E-state index contributed by atoms with van der Waals surface area (Å²) in [6.45, 7) is 0. The normalized spacial score (nSPS) is 19.4. The van der Waals surface area contributed by atoms with E-state index >= 15 is 0 Å². The minimum atomic E-state index is -0.585. The van der Waals surface area contributed by atoms with Crippen LogP contribution in [0.4, 0.5) is 11.4 Å². The van der Waals surface area contributed by atoms with E-state index in [1.165, 1.54) is 30.0 Å². The third-order valence-electron chi connectivity index (χ3n) is 5.23. The fourth-order valence-corrected chi connectivity index (χ4v) is 3.77. The number of anilines is 1. The largest absolute Gasteiger partial charge is 0.359 e. The summed E-state index contributed by atoms with van der Waals surface area (Å²) in [7, 11) is 0. The van der Waals surface area contributed by atoms with E-state index in [2.05, 4.69) is 5.32 Å². The van der Waals surface area contributed by atoms with Gasteiger partial charge in [-0.15, -0.1) is 0 Å². The van der Waals surface area contributed by atoms with Crippen LogP contribution in [-0.4, -0.2) is 21.6 Å². The van der Waals surface area contributed by atoms with Crippen LogP contribution < -0.4 is 5.32 Å². The van der Waals surface area contributed by atoms with Crippen molar-refractivity contribution in [1.82, 2.24) is 5.01 Å². The van der Waals surface area contributed by atoms with Gasteiger partial charge < -0.3 is 5.32 Å². The second kappa shape index (κ2) is 7.80. The van der Waals surface area contributed by atoms with Gasteiger partial charge in [-0.2, -0.15) is 5.10 Å². The van der Waals surface area contributed by atoms with Crippen LogP contribution in [0.3, 0.4) is 0 Å². The van der Waals surface area contributed by atoms with Crippen LogP contribution in [0.25, 0.3) is 0 Å². The second-order valence-corrected chi connectivity index (χ2v) is 7.17. The number of nitrogens with one attached hydrogen (secondary N) is 1. The molecular formula is C21H22N4O3. The van der Waals surface area contributed by atoms with Gasteiger partial charge in [0.1, 0.15) is 0 Å². The van der Waals surface area contributed by atoms with Crippen molar-refractivity contribution in [2.45, 2.75) is 44.7 Å². The molecule has 1 aliphatic carbocycles. The van der Waals surface area contributed by atoms with E-state index in [0.717, 1.165) is 31.4 Å². The van der Waals surface area contributed by atoms with Gasteiger partial charge in [-0.05, 0) is 37.8 Å². The van der Waals surface area contributed by atoms with E-state index in [1.807, 2.05) is 18.2 Å². The fourth-order valence-electron chi connectivity index (χ4n) is 3.77. The van der Waals surface area contributed by atoms with Crippen LogP contribution in [0.2, 0.25) is 0 Å². The van der Waals surface area contributed by atoms with Gasteiger partial charge in [-0.1, -0.05) is 37.1 Å². The zero-order valence-corrected chi connectivity index (χ0v) is 15.5. The van der Waals surface area contributed by atoms with E-state index < -0.39 is 11.1 Å². The van der Waals surface area contributed by atoms with E-state index in [0.29, 0.717) is 16.8 Å². The first-order chi connectivity index (χ1) is 13.6. The molecule has 28 heavy (non-hydrogen) atoms. The summed E-state index contributed by atoms with van der Waals surface area (Å²) in [5.41, 5.74) is 2.91. The summed E-state index contributed by atoms with van der Waals surface area (Å²) in [6.07, 6.45) is 5.70. The predicted molar refractivity (Wildman–Crippen MR) is 107 cm³/mol. The molecule has 1 N–H and O–H groups in total. The molecule has 0 bridgehead atoms. The standard InChI is InChI=1S/C21H22N4O3/c26-21-18-12-5-6-13-19(18)22-20(15-8-7-11-17(14-15)25(27)28)24(21)23-16-9-3-1-2-4-10-16/h5-8,11-14,20,22H,1-4,9-10H2/t20-/m0/s1. The number of hydrazone groups is 1. The van der Waals surface area contributed by atoms with Crippen molar-refractivity contribution in [3.8, 4) is 0 Å². The second-order valence-electron chi connectivity index (χ2n) is 7.17. The molecule has 7 nitrogen and oxygen atoms in total. The molecule has 1 saturated carbocycles. The number of nitro groups is 1. The molecule has 4 rings (SSSR count). The quantitative estimate of drug-likeness (QED) is 0.469. The number of benzene rings is 2. The number of para-hydroxylation sites is 1. The number of nitrogens with zero attached hydrogens (tertiary/aromatic N) is 3. The van der Waals surface area contributed by atoms with Crippen LogP contribution in [0.5, 0.6) is 0 Å². The topological polar surface area (TPSA) is 87.8 Å². The van der Waals surface area contributed by atoms with Crippen LogP contribution in [0, 0.1) is 10.1 Å². The number of amides is 1. The van der Waals surface area contributed by atoms with Crippen molar-refractivity contribution in [1.29, 1.82) is 0 Å². The summed E-state index contributed by atoms with van der Waals surface area (Å²) in [5.74, 6) is -0.192. The van der Waals surface area contributed by atoms with Crippen LogP contribution in [0.15, 0.2) is 53.6 Å². The monoisotopic (exact) mass is 378 g/mol. The lowest BCUT2D eigenvalue weighted by atomic mass is 10.0. The van der Waals surface area contributed by atoms with Crippen LogP contribution >= 0.6 is 0 Å². The van der Waals surface area contributed by atoms with Gasteiger partial charge in [0.2, 0.25) is 0 Å². The minimum Gasteiger partial charge on any atom is -0.359 e. The highest BCUT2D eigenvalue weighted by Crippen LogP contribution is 2.34. The Bertz CT molecular complexity index is 931. The highest BCUT2D eigenvalue weighted by Gasteiger charge is 2.34. The van der Waals surface area contributed by atoms with Gasteiger partial charge >= 0.3 is 0 Å². The third kappa shape index (κ3) is 3.60. The predicted octanol–water partition coefficient (Wildman–Crippen LogP) is 4.87. The first kappa shape index (κ1) is 18.2. The van der Waals surface area contributed by atoms with Crippen molar-refractivity contribution in [3.63, 3.8) is 0 Å². The Balaban J connectivity index is 1.77. The molecule has 0 spiro atoms. The van der Waals surface area contributed by atoms with E-state index in [4.69, 9.17) is 5.10 Å². The first-order valence-electron chi connectivity index (χ1n) is 9.63. The van der Waals surface area contributed by atoms with Gasteiger partial charge in [-0.3, -0.25) is 14.9 Å². The van der Waals surface area contributed by atoms with Crippen molar-refractivity contribution in [2.75, 3.05) is 5.32 Å². The minimum absolute atomic E-state index is 0.00678. The molecule has 0 aromatic heterocycles. The molecule has 1 fully saturated rings. The molecular weight excluding hydrogens is 356 g/mol. The van der Waals surface area contributed by atoms with Crippen molar-refractivity contribution < 1.29 is 9.72 Å². The van der Waals surface area contributed by atoms with Gasteiger partial charge in [0.15, 0.2) is 6.17 Å². The Morgan fingerprint density at radius 2 is 1.79 bits per heavy atom. The Kier molecular flexibility index (Phi) is 5.06. The van der Waals surface area contributed by atoms with Crippen LogP contribution in [-0.2, 0) is 0 Å². The molecule has 0 saturated heterocycles. The van der Waals surface area contributed by atoms with Gasteiger partial charge in [-0.25, -0.2) is 5.01 Å². The van der Waals surface area contributed by atoms with Crippen LogP contribution in [0.1, 0.15) is 60.6 Å². The number of hydrogen-bond donors (Lipinski definition) is 1. The molecule has 1 aliphatic heterocycles. The third-order valence-corrected chi connectivity index (χ3v) is 5.23. The number of carbonyl (C=O) groups is 1. The smallest absolute Gasteiger partial charge is 0.278 e. The number of fused-ring (bicyclic) bond motifs is 1. The summed E-state index contributed by atoms with van der Waals surface area (Å²) in [5, 5.41) is 20.7. The highest BCUT2D eigenvalue weighted by atomic mass is 16.6. The molecule has 0 radical (unpaired) electrons. The fraction of sp³-hybridized carbons (Fsp3) is 0.333. The Hall–Kier alpha value is -3.22. The number of nitro benzene ring substituents is 1. The maximum Gasteiger partial charge on any atom is 0.278 e. The van der Waals surface area contributed by atoms with E-state index in [-0.39, 0.29) is 11.6 Å². The molecule has 1 amide bonds. The van der Waals surface area contributed by atoms with Crippen molar-refractivity contribution >= 4 is 23.0 Å². The first-order valence-corrected chi connectivity index (χ1v) is 9.63. The lowest BCUT2D eigenvalue weighted by molar-refractivity contribution is -0.384. The SMILES string of the molecule is O=C1c2ccccc2N[C@H](c2cccc([N+](=O)[O-])c2)N1N=C1CCCCCC1. The summed E-state index contributed by atoms with van der Waals surface area (Å²) in [4.78, 5) is 24.0. The molecule has 7 heteroatoms. The maximum absolute atomic E-state index is 13.2. The Morgan fingerprint density at radius 1 is 1.04 bits per heavy atom. The average molecular weight is 378 g/mol. The lowest BCUT2D eigenvalue weighted by Gasteiger charge is -2.35. The molecule has 0 unspecified atom stereocenters. The molecule has 1 heterocycles. The molecule has 1 atom stereocenters. The highest BCUT2D eigenvalue weighted by molar-refractivity contribution is 6.02. The number of hydrogen-bond acceptors (Lipinski definition) is 5. The van der Waals surface area contributed by atoms with Gasteiger partial charge in [0.05, 0.1) is 10.5 Å². The van der Waals surface area contributed by atoms with Gasteiger partial charge in [0, 0.05) is 29.1 Å². The molecule has 2 aromatic carbocycles. The lowest BCUT2D eigenvalue weighted by Crippen LogP contribution is -2.40. The molecule has 144 valence electrons. The van der Waals surface area contributed by atoms with E-state index in [9.17, 15) is 14.9 Å². The number of non-ortho nitro benzene ring substituents is 1. The Morgan fingerprint density at radius 3 is 2.54 bits per heavy atom. The summed E-state index contributed by atoms with van der Waals surface area (Å²) in [6, 6.07) is 13.7. The Labute approximate surface area is 163 Å². The van der Waals surface area contributed by atoms with Crippen molar-refractivity contribution in [2.24, 2.45) is 5.10 Å². The number of carbonyl (C=O) groups excluding carboxylic acids is 1. The van der Waals surface area contributed by atoms with Crippen molar-refractivity contribution in [3.05, 3.63) is 69.8 Å². The van der Waals surface area contributed by atoms with E-state index in [1.54, 1.807) is 18.2 Å². The zero-order valence-electron chi connectivity index (χ0n) is 15.5. The average Bonchev–Trinajstić information content (AvgIpc) is 2.99.